The molecule has 0 radical (unpaired) electrons. The fourth-order valence-electron chi connectivity index (χ4n) is 2.60. The fraction of sp³-hybridized carbons (Fsp3) is 0.923. The van der Waals surface area contributed by atoms with Gasteiger partial charge in [-0.15, -0.1) is 0 Å². The molecule has 0 unspecified atom stereocenters. The molecule has 2 fully saturated rings. The molecule has 1 saturated carbocycles. The molecule has 1 aliphatic carbocycles. The summed E-state index contributed by atoms with van der Waals surface area (Å²) in [6, 6.07) is 0. The van der Waals surface area contributed by atoms with Crippen molar-refractivity contribution >= 4 is 5.91 Å². The number of nitrogens with zero attached hydrogens (tertiary/aromatic N) is 1. The van der Waals surface area contributed by atoms with Crippen molar-refractivity contribution < 1.29 is 4.79 Å². The van der Waals surface area contributed by atoms with E-state index in [2.05, 4.69) is 12.2 Å². The molecule has 3 heteroatoms. The average molecular weight is 224 g/mol. The van der Waals surface area contributed by atoms with Crippen molar-refractivity contribution in [2.75, 3.05) is 19.6 Å². The molecule has 0 aromatic heterocycles. The van der Waals surface area contributed by atoms with Gasteiger partial charge in [-0.3, -0.25) is 4.79 Å². The Kier molecular flexibility index (Phi) is 3.85. The van der Waals surface area contributed by atoms with Crippen molar-refractivity contribution in [1.82, 2.24) is 10.2 Å². The van der Waals surface area contributed by atoms with Gasteiger partial charge in [0.1, 0.15) is 0 Å². The van der Waals surface area contributed by atoms with Crippen LogP contribution < -0.4 is 5.32 Å². The van der Waals surface area contributed by atoms with Gasteiger partial charge in [0.25, 0.3) is 0 Å². The van der Waals surface area contributed by atoms with Gasteiger partial charge in [0, 0.05) is 18.6 Å². The number of carbonyl (C=O) groups is 1. The topological polar surface area (TPSA) is 32.3 Å². The quantitative estimate of drug-likeness (QED) is 0.794. The van der Waals surface area contributed by atoms with Gasteiger partial charge in [0.2, 0.25) is 5.91 Å². The molecule has 0 atom stereocenters. The smallest absolute Gasteiger partial charge is 0.236 e. The molecule has 92 valence electrons. The molecular weight excluding hydrogens is 200 g/mol. The van der Waals surface area contributed by atoms with Gasteiger partial charge < -0.3 is 10.2 Å². The summed E-state index contributed by atoms with van der Waals surface area (Å²) in [6.07, 6.45) is 8.69. The predicted molar refractivity (Wildman–Crippen MR) is 65.3 cm³/mol. The van der Waals surface area contributed by atoms with Gasteiger partial charge in [0.15, 0.2) is 0 Å². The summed E-state index contributed by atoms with van der Waals surface area (Å²) in [7, 11) is 0. The number of hydrogen-bond donors (Lipinski definition) is 1. The number of nitrogens with one attached hydrogen (secondary N) is 1. The number of likely N-dealkylation sites (tertiary alicyclic amines) is 1. The average Bonchev–Trinajstić information content (AvgIpc) is 2.51. The summed E-state index contributed by atoms with van der Waals surface area (Å²) in [4.78, 5) is 14.0. The van der Waals surface area contributed by atoms with Gasteiger partial charge >= 0.3 is 0 Å². The highest BCUT2D eigenvalue weighted by molar-refractivity contribution is 5.78. The second-order valence-electron chi connectivity index (χ2n) is 5.56. The zero-order valence-corrected chi connectivity index (χ0v) is 10.4. The first-order chi connectivity index (χ1) is 7.70. The van der Waals surface area contributed by atoms with Crippen molar-refractivity contribution in [2.24, 2.45) is 0 Å². The summed E-state index contributed by atoms with van der Waals surface area (Å²) in [5.74, 6) is 0.301. The van der Waals surface area contributed by atoms with Gasteiger partial charge in [0.05, 0.1) is 6.54 Å². The minimum absolute atomic E-state index is 0.251. The lowest BCUT2D eigenvalue weighted by Gasteiger charge is -2.39. The van der Waals surface area contributed by atoms with Crippen LogP contribution in [-0.2, 0) is 4.79 Å². The molecule has 0 bridgehead atoms. The van der Waals surface area contributed by atoms with Crippen molar-refractivity contribution in [3.05, 3.63) is 0 Å². The van der Waals surface area contributed by atoms with Gasteiger partial charge in [-0.2, -0.15) is 0 Å². The molecule has 3 nitrogen and oxygen atoms in total. The molecule has 2 aliphatic rings. The lowest BCUT2D eigenvalue weighted by atomic mass is 9.78. The first kappa shape index (κ1) is 11.9. The zero-order chi connectivity index (χ0) is 11.4. The van der Waals surface area contributed by atoms with E-state index in [-0.39, 0.29) is 5.54 Å². The molecule has 0 spiro atoms. The summed E-state index contributed by atoms with van der Waals surface area (Å²) in [5.41, 5.74) is 0.251. The molecule has 16 heavy (non-hydrogen) atoms. The maximum absolute atomic E-state index is 12.0. The third-order valence-electron chi connectivity index (χ3n) is 4.08. The highest BCUT2D eigenvalue weighted by atomic mass is 16.2. The van der Waals surface area contributed by atoms with Crippen LogP contribution in [0.1, 0.15) is 51.9 Å². The molecule has 1 aliphatic heterocycles. The number of rotatable bonds is 3. The molecular formula is C13H24N2O. The van der Waals surface area contributed by atoms with E-state index in [1.165, 1.54) is 44.9 Å². The van der Waals surface area contributed by atoms with E-state index in [1.807, 2.05) is 4.90 Å². The van der Waals surface area contributed by atoms with Gasteiger partial charge in [-0.1, -0.05) is 12.8 Å². The Morgan fingerprint density at radius 2 is 1.75 bits per heavy atom. The maximum atomic E-state index is 12.0. The Morgan fingerprint density at radius 3 is 2.25 bits per heavy atom. The molecule has 0 aromatic rings. The Balaban J connectivity index is 1.73. The van der Waals surface area contributed by atoms with Crippen LogP contribution in [0.5, 0.6) is 0 Å². The summed E-state index contributed by atoms with van der Waals surface area (Å²) < 4.78 is 0. The van der Waals surface area contributed by atoms with Crippen LogP contribution in [-0.4, -0.2) is 36.0 Å². The van der Waals surface area contributed by atoms with Crippen LogP contribution >= 0.6 is 0 Å². The summed E-state index contributed by atoms with van der Waals surface area (Å²) in [5, 5.41) is 3.42. The first-order valence-corrected chi connectivity index (χ1v) is 6.72. The Hall–Kier alpha value is -0.570. The first-order valence-electron chi connectivity index (χ1n) is 6.72. The monoisotopic (exact) mass is 224 g/mol. The lowest BCUT2D eigenvalue weighted by Crippen LogP contribution is -2.52. The Bertz CT molecular complexity index is 240. The molecule has 0 aromatic carbocycles. The Labute approximate surface area is 98.6 Å². The highest BCUT2D eigenvalue weighted by Gasteiger charge is 2.31. The van der Waals surface area contributed by atoms with Crippen LogP contribution in [0, 0.1) is 0 Å². The number of carbonyl (C=O) groups excluding carboxylic acids is 1. The number of amides is 1. The van der Waals surface area contributed by atoms with Crippen molar-refractivity contribution in [3.63, 3.8) is 0 Å². The molecule has 1 amide bonds. The molecule has 1 N–H and O–H groups in total. The van der Waals surface area contributed by atoms with E-state index in [9.17, 15) is 4.79 Å². The van der Waals surface area contributed by atoms with E-state index in [0.717, 1.165) is 13.1 Å². The second kappa shape index (κ2) is 5.17. The van der Waals surface area contributed by atoms with E-state index in [4.69, 9.17) is 0 Å². The second-order valence-corrected chi connectivity index (χ2v) is 5.56. The normalized spacial score (nSPS) is 24.7. The van der Waals surface area contributed by atoms with Gasteiger partial charge in [-0.05, 0) is 39.0 Å². The summed E-state index contributed by atoms with van der Waals surface area (Å²) >= 11 is 0. The third-order valence-corrected chi connectivity index (χ3v) is 4.08. The highest BCUT2D eigenvalue weighted by Crippen LogP contribution is 2.30. The summed E-state index contributed by atoms with van der Waals surface area (Å²) in [6.45, 7) is 4.71. The predicted octanol–water partition coefficient (Wildman–Crippen LogP) is 1.92. The largest absolute Gasteiger partial charge is 0.342 e. The fourth-order valence-corrected chi connectivity index (χ4v) is 2.60. The van der Waals surface area contributed by atoms with E-state index in [0.29, 0.717) is 12.5 Å². The lowest BCUT2D eigenvalue weighted by molar-refractivity contribution is -0.130. The van der Waals surface area contributed by atoms with Crippen LogP contribution in [0.3, 0.4) is 0 Å². The van der Waals surface area contributed by atoms with E-state index in [1.54, 1.807) is 0 Å². The van der Waals surface area contributed by atoms with E-state index >= 15 is 0 Å². The SMILES string of the molecule is CC1(NCC(=O)N2CCCCCC2)CCC1. The zero-order valence-electron chi connectivity index (χ0n) is 10.4. The van der Waals surface area contributed by atoms with E-state index < -0.39 is 0 Å². The Morgan fingerprint density at radius 1 is 1.12 bits per heavy atom. The maximum Gasteiger partial charge on any atom is 0.236 e. The van der Waals surface area contributed by atoms with Crippen molar-refractivity contribution in [1.29, 1.82) is 0 Å². The van der Waals surface area contributed by atoms with Crippen LogP contribution in [0.2, 0.25) is 0 Å². The van der Waals surface area contributed by atoms with Crippen molar-refractivity contribution in [2.45, 2.75) is 57.4 Å². The minimum Gasteiger partial charge on any atom is -0.342 e. The third kappa shape index (κ3) is 2.97. The molecule has 1 saturated heterocycles. The molecule has 2 rings (SSSR count). The number of hydrogen-bond acceptors (Lipinski definition) is 2. The minimum atomic E-state index is 0.251. The molecule has 1 heterocycles. The van der Waals surface area contributed by atoms with Crippen LogP contribution in [0.15, 0.2) is 0 Å². The van der Waals surface area contributed by atoms with Crippen LogP contribution in [0.25, 0.3) is 0 Å². The van der Waals surface area contributed by atoms with Crippen molar-refractivity contribution in [3.8, 4) is 0 Å². The van der Waals surface area contributed by atoms with Crippen LogP contribution in [0.4, 0.5) is 0 Å². The standard InChI is InChI=1S/C13H24N2O/c1-13(7-6-8-13)14-11-12(16)15-9-4-2-3-5-10-15/h14H,2-11H2,1H3. The van der Waals surface area contributed by atoms with Gasteiger partial charge in [-0.25, -0.2) is 0 Å².